The molecule has 5 heteroatoms. The van der Waals surface area contributed by atoms with Crippen molar-refractivity contribution in [2.24, 2.45) is 0 Å². The van der Waals surface area contributed by atoms with Gasteiger partial charge in [-0.15, -0.1) is 0 Å². The lowest BCUT2D eigenvalue weighted by atomic mass is 9.96. The highest BCUT2D eigenvalue weighted by atomic mass is 16.4. The lowest BCUT2D eigenvalue weighted by Gasteiger charge is -2.21. The monoisotopic (exact) mass is 257 g/mol. The molecule has 5 nitrogen and oxygen atoms in total. The highest BCUT2D eigenvalue weighted by Crippen LogP contribution is 2.26. The van der Waals surface area contributed by atoms with Gasteiger partial charge in [0, 0.05) is 18.7 Å². The standard InChI is InChI=1S/C14H15N3O2/c1-9-3-2-4-10(5-9)17-13-8-15-6-12(14(18)19)11(13)7-16-17/h2-5,7,12,15H,6,8H2,1H3,(H,18,19). The Balaban J connectivity index is 2.08. The Morgan fingerprint density at radius 2 is 2.37 bits per heavy atom. The van der Waals surface area contributed by atoms with Crippen molar-refractivity contribution in [3.05, 3.63) is 47.3 Å². The molecule has 1 aliphatic rings. The van der Waals surface area contributed by atoms with Crippen LogP contribution < -0.4 is 5.32 Å². The van der Waals surface area contributed by atoms with E-state index in [0.717, 1.165) is 22.5 Å². The number of aromatic nitrogens is 2. The third-order valence-corrected chi connectivity index (χ3v) is 3.46. The minimum atomic E-state index is -0.808. The number of nitrogens with zero attached hydrogens (tertiary/aromatic N) is 2. The molecule has 1 aromatic carbocycles. The van der Waals surface area contributed by atoms with E-state index in [1.165, 1.54) is 0 Å². The van der Waals surface area contributed by atoms with Gasteiger partial charge in [0.2, 0.25) is 0 Å². The van der Waals surface area contributed by atoms with Gasteiger partial charge in [-0.05, 0) is 24.6 Å². The molecular weight excluding hydrogens is 242 g/mol. The minimum Gasteiger partial charge on any atom is -0.481 e. The van der Waals surface area contributed by atoms with Crippen LogP contribution in [0.4, 0.5) is 0 Å². The fourth-order valence-electron chi connectivity index (χ4n) is 2.50. The molecule has 2 aromatic rings. The van der Waals surface area contributed by atoms with Crippen LogP contribution in [-0.2, 0) is 11.3 Å². The number of carboxylic acid groups (broad SMARTS) is 1. The summed E-state index contributed by atoms with van der Waals surface area (Å²) >= 11 is 0. The number of aryl methyl sites for hydroxylation is 1. The summed E-state index contributed by atoms with van der Waals surface area (Å²) in [5.74, 6) is -1.32. The molecule has 0 amide bonds. The molecule has 98 valence electrons. The highest BCUT2D eigenvalue weighted by Gasteiger charge is 2.29. The fraction of sp³-hybridized carbons (Fsp3) is 0.286. The molecule has 19 heavy (non-hydrogen) atoms. The molecule has 0 spiro atoms. The molecule has 0 bridgehead atoms. The third-order valence-electron chi connectivity index (χ3n) is 3.46. The van der Waals surface area contributed by atoms with Crippen LogP contribution >= 0.6 is 0 Å². The summed E-state index contributed by atoms with van der Waals surface area (Å²) < 4.78 is 1.82. The Hall–Kier alpha value is -2.14. The van der Waals surface area contributed by atoms with Crippen molar-refractivity contribution in [1.82, 2.24) is 15.1 Å². The highest BCUT2D eigenvalue weighted by molar-refractivity contribution is 5.77. The second-order valence-corrected chi connectivity index (χ2v) is 4.82. The zero-order valence-electron chi connectivity index (χ0n) is 10.6. The van der Waals surface area contributed by atoms with E-state index in [1.807, 2.05) is 35.9 Å². The van der Waals surface area contributed by atoms with Gasteiger partial charge in [0.1, 0.15) is 0 Å². The minimum absolute atomic E-state index is 0.460. The molecule has 1 atom stereocenters. The van der Waals surface area contributed by atoms with E-state index < -0.39 is 11.9 Å². The van der Waals surface area contributed by atoms with Crippen molar-refractivity contribution in [3.8, 4) is 5.69 Å². The topological polar surface area (TPSA) is 67.2 Å². The second kappa shape index (κ2) is 4.51. The number of nitrogens with one attached hydrogen (secondary N) is 1. The van der Waals surface area contributed by atoms with Crippen molar-refractivity contribution >= 4 is 5.97 Å². The van der Waals surface area contributed by atoms with Crippen molar-refractivity contribution in [3.63, 3.8) is 0 Å². The fourth-order valence-corrected chi connectivity index (χ4v) is 2.50. The van der Waals surface area contributed by atoms with Crippen LogP contribution in [0.25, 0.3) is 5.69 Å². The summed E-state index contributed by atoms with van der Waals surface area (Å²) in [6.07, 6.45) is 1.68. The van der Waals surface area contributed by atoms with Crippen LogP contribution in [0.5, 0.6) is 0 Å². The molecule has 0 fully saturated rings. The number of hydrogen-bond acceptors (Lipinski definition) is 3. The lowest BCUT2D eigenvalue weighted by Crippen LogP contribution is -2.33. The summed E-state index contributed by atoms with van der Waals surface area (Å²) in [7, 11) is 0. The number of carboxylic acids is 1. The Morgan fingerprint density at radius 1 is 1.53 bits per heavy atom. The van der Waals surface area contributed by atoms with Gasteiger partial charge in [-0.1, -0.05) is 12.1 Å². The quantitative estimate of drug-likeness (QED) is 0.854. The van der Waals surface area contributed by atoms with E-state index in [2.05, 4.69) is 10.4 Å². The number of carbonyl (C=O) groups is 1. The molecule has 0 saturated carbocycles. The van der Waals surface area contributed by atoms with Gasteiger partial charge in [-0.3, -0.25) is 4.79 Å². The molecule has 2 heterocycles. The average molecular weight is 257 g/mol. The van der Waals surface area contributed by atoms with Crippen LogP contribution in [0, 0.1) is 6.92 Å². The maximum absolute atomic E-state index is 11.2. The average Bonchev–Trinajstić information content (AvgIpc) is 2.82. The Labute approximate surface area is 110 Å². The molecule has 1 aromatic heterocycles. The molecule has 0 radical (unpaired) electrons. The van der Waals surface area contributed by atoms with Gasteiger partial charge in [0.15, 0.2) is 0 Å². The molecule has 0 saturated heterocycles. The van der Waals surface area contributed by atoms with Crippen molar-refractivity contribution in [2.75, 3.05) is 6.54 Å². The molecule has 1 aliphatic heterocycles. The Bertz CT molecular complexity index is 633. The Kier molecular flexibility index (Phi) is 2.83. The number of benzene rings is 1. The predicted octanol–water partition coefficient (Wildman–Crippen LogP) is 1.45. The molecule has 1 unspecified atom stereocenters. The van der Waals surface area contributed by atoms with E-state index >= 15 is 0 Å². The number of aliphatic carboxylic acids is 1. The second-order valence-electron chi connectivity index (χ2n) is 4.82. The van der Waals surface area contributed by atoms with E-state index in [9.17, 15) is 9.90 Å². The van der Waals surface area contributed by atoms with E-state index in [-0.39, 0.29) is 0 Å². The van der Waals surface area contributed by atoms with Crippen molar-refractivity contribution < 1.29 is 9.90 Å². The van der Waals surface area contributed by atoms with Crippen LogP contribution in [0.1, 0.15) is 22.7 Å². The first kappa shape index (κ1) is 11.9. The maximum atomic E-state index is 11.2. The lowest BCUT2D eigenvalue weighted by molar-refractivity contribution is -0.138. The number of hydrogen-bond donors (Lipinski definition) is 2. The van der Waals surface area contributed by atoms with Crippen molar-refractivity contribution in [1.29, 1.82) is 0 Å². The smallest absolute Gasteiger partial charge is 0.312 e. The number of rotatable bonds is 2. The van der Waals surface area contributed by atoms with E-state index in [1.54, 1.807) is 6.20 Å². The van der Waals surface area contributed by atoms with Crippen LogP contribution in [-0.4, -0.2) is 27.4 Å². The molecule has 3 rings (SSSR count). The molecule has 0 aliphatic carbocycles. The third kappa shape index (κ3) is 2.02. The van der Waals surface area contributed by atoms with Crippen LogP contribution in [0.2, 0.25) is 0 Å². The van der Waals surface area contributed by atoms with Gasteiger partial charge in [-0.2, -0.15) is 5.10 Å². The maximum Gasteiger partial charge on any atom is 0.312 e. The van der Waals surface area contributed by atoms with Crippen molar-refractivity contribution in [2.45, 2.75) is 19.4 Å². The van der Waals surface area contributed by atoms with Gasteiger partial charge in [0.05, 0.1) is 23.5 Å². The van der Waals surface area contributed by atoms with Crippen LogP contribution in [0.3, 0.4) is 0 Å². The van der Waals surface area contributed by atoms with Gasteiger partial charge in [0.25, 0.3) is 0 Å². The zero-order valence-corrected chi connectivity index (χ0v) is 10.6. The summed E-state index contributed by atoms with van der Waals surface area (Å²) in [6, 6.07) is 8.02. The normalized spacial score (nSPS) is 18.1. The summed E-state index contributed by atoms with van der Waals surface area (Å²) in [4.78, 5) is 11.2. The van der Waals surface area contributed by atoms with Crippen LogP contribution in [0.15, 0.2) is 30.5 Å². The number of fused-ring (bicyclic) bond motifs is 1. The van der Waals surface area contributed by atoms with E-state index in [4.69, 9.17) is 0 Å². The Morgan fingerprint density at radius 3 is 3.11 bits per heavy atom. The SMILES string of the molecule is Cc1cccc(-n2ncc3c2CNCC3C(=O)O)c1. The molecule has 2 N–H and O–H groups in total. The predicted molar refractivity (Wildman–Crippen MR) is 70.4 cm³/mol. The first-order valence-electron chi connectivity index (χ1n) is 6.24. The first-order valence-corrected chi connectivity index (χ1v) is 6.24. The first-order chi connectivity index (χ1) is 9.16. The largest absolute Gasteiger partial charge is 0.481 e. The summed E-state index contributed by atoms with van der Waals surface area (Å²) in [6.45, 7) is 3.13. The van der Waals surface area contributed by atoms with Gasteiger partial charge < -0.3 is 10.4 Å². The van der Waals surface area contributed by atoms with E-state index in [0.29, 0.717) is 13.1 Å². The summed E-state index contributed by atoms with van der Waals surface area (Å²) in [5, 5.41) is 16.7. The summed E-state index contributed by atoms with van der Waals surface area (Å²) in [5.41, 5.74) is 3.87. The van der Waals surface area contributed by atoms with Gasteiger partial charge in [-0.25, -0.2) is 4.68 Å². The van der Waals surface area contributed by atoms with Gasteiger partial charge >= 0.3 is 5.97 Å². The zero-order chi connectivity index (χ0) is 13.4. The molecular formula is C14H15N3O2.